The summed E-state index contributed by atoms with van der Waals surface area (Å²) in [5, 5.41) is 15.2. The molecule has 0 fully saturated rings. The third kappa shape index (κ3) is 5.68. The van der Waals surface area contributed by atoms with Gasteiger partial charge in [0.2, 0.25) is 0 Å². The Morgan fingerprint density at radius 1 is 1.04 bits per heavy atom. The molecule has 0 saturated heterocycles. The Kier molecular flexibility index (Phi) is 9.63. The molecule has 142 valence electrons. The number of likely N-dealkylation sites (N-methyl/N-ethyl adjacent to an activating group) is 1. The second-order valence-electron chi connectivity index (χ2n) is 5.90. The van der Waals surface area contributed by atoms with Crippen LogP contribution in [0.1, 0.15) is 43.1 Å². The molecule has 2 aromatic rings. The summed E-state index contributed by atoms with van der Waals surface area (Å²) in [6.45, 7) is 6.61. The molecule has 0 amide bonds. The van der Waals surface area contributed by atoms with Gasteiger partial charge in [0, 0.05) is 17.8 Å². The lowest BCUT2D eigenvalue weighted by molar-refractivity contribution is 0.0851. The van der Waals surface area contributed by atoms with E-state index in [1.54, 1.807) is 0 Å². The number of Topliss-reactive ketones (excluding diaryl/α,β-unsaturated/α-hetero) is 1. The largest absolute Gasteiger partial charge is 0.395 e. The summed E-state index contributed by atoms with van der Waals surface area (Å²) in [5.41, 5.74) is 2.12. The zero-order valence-corrected chi connectivity index (χ0v) is 16.4. The van der Waals surface area contributed by atoms with Gasteiger partial charge >= 0.3 is 0 Å². The molecular formula is C22H32N2O2. The first-order chi connectivity index (χ1) is 12.6. The minimum atomic E-state index is -0.610. The van der Waals surface area contributed by atoms with Crippen molar-refractivity contribution in [3.63, 3.8) is 0 Å². The van der Waals surface area contributed by atoms with E-state index < -0.39 is 5.54 Å². The third-order valence-corrected chi connectivity index (χ3v) is 4.45. The van der Waals surface area contributed by atoms with E-state index in [1.165, 1.54) is 0 Å². The summed E-state index contributed by atoms with van der Waals surface area (Å²) in [6.07, 6.45) is 1.37. The maximum absolute atomic E-state index is 13.1. The number of rotatable bonds is 9. The number of aliphatic hydroxyl groups excluding tert-OH is 1. The fourth-order valence-corrected chi connectivity index (χ4v) is 2.90. The Bertz CT molecular complexity index is 635. The van der Waals surface area contributed by atoms with E-state index in [1.807, 2.05) is 70.3 Å². The van der Waals surface area contributed by atoms with Gasteiger partial charge in [0.1, 0.15) is 0 Å². The lowest BCUT2D eigenvalue weighted by Crippen LogP contribution is -2.51. The normalized spacial score (nSPS) is 12.5. The quantitative estimate of drug-likeness (QED) is 0.596. The van der Waals surface area contributed by atoms with Gasteiger partial charge in [-0.25, -0.2) is 0 Å². The zero-order valence-electron chi connectivity index (χ0n) is 16.4. The molecule has 2 aromatic carbocycles. The SMILES string of the molecule is CC.CCC(Cc1ccccc1)(NC)C(=O)c1ccc(NCCO)cc1. The molecule has 0 spiro atoms. The van der Waals surface area contributed by atoms with Crippen LogP contribution in [0.15, 0.2) is 54.6 Å². The molecule has 4 heteroatoms. The van der Waals surface area contributed by atoms with Crippen molar-refractivity contribution in [1.82, 2.24) is 5.32 Å². The van der Waals surface area contributed by atoms with Crippen molar-refractivity contribution in [3.8, 4) is 0 Å². The molecular weight excluding hydrogens is 324 g/mol. The average molecular weight is 357 g/mol. The Hall–Kier alpha value is -2.17. The first-order valence-electron chi connectivity index (χ1n) is 9.37. The molecule has 26 heavy (non-hydrogen) atoms. The topological polar surface area (TPSA) is 61.4 Å². The number of hydrogen-bond donors (Lipinski definition) is 3. The summed E-state index contributed by atoms with van der Waals surface area (Å²) in [4.78, 5) is 13.1. The fourth-order valence-electron chi connectivity index (χ4n) is 2.90. The molecule has 4 nitrogen and oxygen atoms in total. The molecule has 2 rings (SSSR count). The summed E-state index contributed by atoms with van der Waals surface area (Å²) in [6, 6.07) is 17.5. The molecule has 0 aliphatic heterocycles. The number of carbonyl (C=O) groups excluding carboxylic acids is 1. The van der Waals surface area contributed by atoms with Crippen LogP contribution in [0.2, 0.25) is 0 Å². The highest BCUT2D eigenvalue weighted by molar-refractivity contribution is 6.03. The minimum absolute atomic E-state index is 0.0798. The summed E-state index contributed by atoms with van der Waals surface area (Å²) >= 11 is 0. The van der Waals surface area contributed by atoms with Crippen LogP contribution in [0, 0.1) is 0 Å². The first kappa shape index (κ1) is 21.9. The highest BCUT2D eigenvalue weighted by Crippen LogP contribution is 2.23. The second-order valence-corrected chi connectivity index (χ2v) is 5.90. The molecule has 1 unspecified atom stereocenters. The monoisotopic (exact) mass is 356 g/mol. The molecule has 0 aliphatic carbocycles. The zero-order chi connectivity index (χ0) is 19.4. The van der Waals surface area contributed by atoms with E-state index >= 15 is 0 Å². The van der Waals surface area contributed by atoms with Gasteiger partial charge in [-0.15, -0.1) is 0 Å². The van der Waals surface area contributed by atoms with Crippen LogP contribution in [0.3, 0.4) is 0 Å². The van der Waals surface area contributed by atoms with Gasteiger partial charge in [-0.05, 0) is 49.7 Å². The molecule has 0 aliphatic rings. The first-order valence-corrected chi connectivity index (χ1v) is 9.37. The van der Waals surface area contributed by atoms with Gasteiger partial charge in [-0.1, -0.05) is 51.1 Å². The lowest BCUT2D eigenvalue weighted by Gasteiger charge is -2.31. The predicted molar refractivity (Wildman–Crippen MR) is 110 cm³/mol. The molecule has 0 heterocycles. The van der Waals surface area contributed by atoms with Crippen molar-refractivity contribution in [3.05, 3.63) is 65.7 Å². The summed E-state index contributed by atoms with van der Waals surface area (Å²) in [5.74, 6) is 0.102. The van der Waals surface area contributed by atoms with Crippen molar-refractivity contribution >= 4 is 11.5 Å². The second kappa shape index (κ2) is 11.4. The smallest absolute Gasteiger partial charge is 0.183 e. The maximum atomic E-state index is 13.1. The van der Waals surface area contributed by atoms with Crippen LogP contribution in [-0.4, -0.2) is 36.6 Å². The van der Waals surface area contributed by atoms with E-state index in [2.05, 4.69) is 22.8 Å². The Balaban J connectivity index is 0.00000163. The highest BCUT2D eigenvalue weighted by Gasteiger charge is 2.35. The average Bonchev–Trinajstić information content (AvgIpc) is 2.72. The van der Waals surface area contributed by atoms with Gasteiger partial charge < -0.3 is 15.7 Å². The van der Waals surface area contributed by atoms with Crippen LogP contribution in [0.25, 0.3) is 0 Å². The summed E-state index contributed by atoms with van der Waals surface area (Å²) in [7, 11) is 1.85. The van der Waals surface area contributed by atoms with E-state index in [4.69, 9.17) is 5.11 Å². The number of anilines is 1. The molecule has 0 saturated carbocycles. The third-order valence-electron chi connectivity index (χ3n) is 4.45. The van der Waals surface area contributed by atoms with Gasteiger partial charge in [-0.3, -0.25) is 4.79 Å². The predicted octanol–water partition coefficient (Wildman–Crippen LogP) is 3.91. The molecule has 3 N–H and O–H groups in total. The van der Waals surface area contributed by atoms with Crippen LogP contribution in [0.5, 0.6) is 0 Å². The van der Waals surface area contributed by atoms with E-state index in [9.17, 15) is 4.79 Å². The Morgan fingerprint density at radius 2 is 1.65 bits per heavy atom. The van der Waals surface area contributed by atoms with Crippen molar-refractivity contribution in [2.45, 2.75) is 39.2 Å². The maximum Gasteiger partial charge on any atom is 0.183 e. The van der Waals surface area contributed by atoms with Crippen molar-refractivity contribution < 1.29 is 9.90 Å². The number of carbonyl (C=O) groups is 1. The van der Waals surface area contributed by atoms with Crippen LogP contribution >= 0.6 is 0 Å². The van der Waals surface area contributed by atoms with E-state index in [0.29, 0.717) is 24.9 Å². The minimum Gasteiger partial charge on any atom is -0.395 e. The van der Waals surface area contributed by atoms with Crippen molar-refractivity contribution in [1.29, 1.82) is 0 Å². The molecule has 0 aromatic heterocycles. The Morgan fingerprint density at radius 3 is 2.15 bits per heavy atom. The van der Waals surface area contributed by atoms with Gasteiger partial charge in [0.05, 0.1) is 12.1 Å². The van der Waals surface area contributed by atoms with Crippen molar-refractivity contribution in [2.24, 2.45) is 0 Å². The number of nitrogens with one attached hydrogen (secondary N) is 2. The lowest BCUT2D eigenvalue weighted by atomic mass is 9.81. The molecule has 0 radical (unpaired) electrons. The number of aliphatic hydroxyl groups is 1. The molecule has 0 bridgehead atoms. The number of ketones is 1. The van der Waals surface area contributed by atoms with Gasteiger partial charge in [-0.2, -0.15) is 0 Å². The number of hydrogen-bond acceptors (Lipinski definition) is 4. The molecule has 1 atom stereocenters. The van der Waals surface area contributed by atoms with Gasteiger partial charge in [0.15, 0.2) is 5.78 Å². The van der Waals surface area contributed by atoms with Crippen LogP contribution < -0.4 is 10.6 Å². The highest BCUT2D eigenvalue weighted by atomic mass is 16.3. The van der Waals surface area contributed by atoms with Crippen molar-refractivity contribution in [2.75, 3.05) is 25.5 Å². The summed E-state index contributed by atoms with van der Waals surface area (Å²) < 4.78 is 0. The Labute approximate surface area is 157 Å². The number of benzene rings is 2. The standard InChI is InChI=1S/C20H26N2O2.C2H6/c1-3-20(21-2,15-16-7-5-4-6-8-16)19(24)17-9-11-18(12-10-17)22-13-14-23;1-2/h4-12,21-23H,3,13-15H2,1-2H3;1-2H3. The fraction of sp³-hybridized carbons (Fsp3) is 0.409. The van der Waals surface area contributed by atoms with Gasteiger partial charge in [0.25, 0.3) is 0 Å². The van der Waals surface area contributed by atoms with E-state index in [0.717, 1.165) is 11.3 Å². The van der Waals surface area contributed by atoms with Crippen LogP contribution in [0.4, 0.5) is 5.69 Å². The van der Waals surface area contributed by atoms with E-state index in [-0.39, 0.29) is 12.4 Å². The van der Waals surface area contributed by atoms with Crippen LogP contribution in [-0.2, 0) is 6.42 Å².